The fraction of sp³-hybridized carbons (Fsp3) is 0.300. The zero-order chi connectivity index (χ0) is 10.6. The molecule has 0 radical (unpaired) electrons. The summed E-state index contributed by atoms with van der Waals surface area (Å²) in [6.45, 7) is 1.94. The third-order valence-corrected chi connectivity index (χ3v) is 3.13. The van der Waals surface area contributed by atoms with E-state index < -0.39 is 5.97 Å². The zero-order valence-corrected chi connectivity index (χ0v) is 9.36. The molecule has 0 amide bonds. The lowest BCUT2D eigenvalue weighted by molar-refractivity contribution is -0.133. The van der Waals surface area contributed by atoms with Gasteiger partial charge in [-0.2, -0.15) is 0 Å². The average Bonchev–Trinajstić information content (AvgIpc) is 2.10. The molecule has 1 rings (SSSR count). The van der Waals surface area contributed by atoms with Crippen molar-refractivity contribution >= 4 is 29.3 Å². The molecule has 0 aromatic heterocycles. The van der Waals surface area contributed by atoms with Gasteiger partial charge in [-0.25, -0.2) is 0 Å². The van der Waals surface area contributed by atoms with Crippen LogP contribution in [0.15, 0.2) is 18.2 Å². The minimum Gasteiger partial charge on any atom is -0.481 e. The van der Waals surface area contributed by atoms with E-state index in [1.54, 1.807) is 0 Å². The molecule has 14 heavy (non-hydrogen) atoms. The first-order valence-corrected chi connectivity index (χ1v) is 5.67. The predicted octanol–water partition coefficient (Wildman–Crippen LogP) is 2.97. The second kappa shape index (κ2) is 5.27. The van der Waals surface area contributed by atoms with Crippen molar-refractivity contribution < 1.29 is 9.90 Å². The fourth-order valence-electron chi connectivity index (χ4n) is 1.05. The van der Waals surface area contributed by atoms with Crippen LogP contribution in [0.25, 0.3) is 0 Å². The maximum atomic E-state index is 10.3. The molecule has 1 aromatic rings. The van der Waals surface area contributed by atoms with E-state index in [2.05, 4.69) is 0 Å². The quantitative estimate of drug-likeness (QED) is 0.864. The van der Waals surface area contributed by atoms with Gasteiger partial charge in [0.05, 0.1) is 5.75 Å². The second-order valence-electron chi connectivity index (χ2n) is 2.97. The molecule has 0 aliphatic rings. The van der Waals surface area contributed by atoms with Crippen molar-refractivity contribution in [1.29, 1.82) is 0 Å². The third kappa shape index (κ3) is 3.60. The first-order chi connectivity index (χ1) is 6.59. The Morgan fingerprint density at radius 2 is 2.29 bits per heavy atom. The van der Waals surface area contributed by atoms with E-state index in [0.29, 0.717) is 5.75 Å². The number of thioether (sulfide) groups is 1. The maximum absolute atomic E-state index is 10.3. The monoisotopic (exact) mass is 230 g/mol. The van der Waals surface area contributed by atoms with Crippen LogP contribution < -0.4 is 0 Å². The van der Waals surface area contributed by atoms with Crippen LogP contribution in [0, 0.1) is 6.92 Å². The van der Waals surface area contributed by atoms with Gasteiger partial charge < -0.3 is 5.11 Å². The smallest absolute Gasteiger partial charge is 0.313 e. The van der Waals surface area contributed by atoms with Crippen LogP contribution in [0.1, 0.15) is 11.1 Å². The molecule has 0 aliphatic carbocycles. The van der Waals surface area contributed by atoms with Gasteiger partial charge in [0.2, 0.25) is 0 Å². The maximum Gasteiger partial charge on any atom is 0.313 e. The molecule has 4 heteroatoms. The molecule has 2 nitrogen and oxygen atoms in total. The number of carboxylic acid groups (broad SMARTS) is 1. The molecule has 0 fully saturated rings. The van der Waals surface area contributed by atoms with Crippen molar-refractivity contribution in [3.63, 3.8) is 0 Å². The van der Waals surface area contributed by atoms with E-state index in [4.69, 9.17) is 16.7 Å². The standard InChI is InChI=1S/C10H11ClO2S/c1-7-4-8(2-3-9(7)11)5-14-6-10(12)13/h2-4H,5-6H2,1H3,(H,12,13). The van der Waals surface area contributed by atoms with Crippen LogP contribution in [-0.4, -0.2) is 16.8 Å². The molecular weight excluding hydrogens is 220 g/mol. The highest BCUT2D eigenvalue weighted by molar-refractivity contribution is 7.99. The Morgan fingerprint density at radius 3 is 2.86 bits per heavy atom. The number of hydrogen-bond acceptors (Lipinski definition) is 2. The summed E-state index contributed by atoms with van der Waals surface area (Å²) in [7, 11) is 0. The highest BCUT2D eigenvalue weighted by Crippen LogP contribution is 2.19. The van der Waals surface area contributed by atoms with Crippen LogP contribution in [0.3, 0.4) is 0 Å². The lowest BCUT2D eigenvalue weighted by Gasteiger charge is -2.02. The summed E-state index contributed by atoms with van der Waals surface area (Å²) < 4.78 is 0. The van der Waals surface area contributed by atoms with Crippen LogP contribution in [0.2, 0.25) is 5.02 Å². The highest BCUT2D eigenvalue weighted by atomic mass is 35.5. The minimum absolute atomic E-state index is 0.141. The number of aryl methyl sites for hydroxylation is 1. The summed E-state index contributed by atoms with van der Waals surface area (Å²) in [4.78, 5) is 10.3. The largest absolute Gasteiger partial charge is 0.481 e. The second-order valence-corrected chi connectivity index (χ2v) is 4.36. The summed E-state index contributed by atoms with van der Waals surface area (Å²) >= 11 is 7.25. The van der Waals surface area contributed by atoms with Crippen molar-refractivity contribution in [2.45, 2.75) is 12.7 Å². The first kappa shape index (κ1) is 11.4. The van der Waals surface area contributed by atoms with Crippen LogP contribution >= 0.6 is 23.4 Å². The van der Waals surface area contributed by atoms with Gasteiger partial charge in [0.25, 0.3) is 0 Å². The van der Waals surface area contributed by atoms with Gasteiger partial charge >= 0.3 is 5.97 Å². The van der Waals surface area contributed by atoms with Crippen LogP contribution in [0.5, 0.6) is 0 Å². The molecule has 1 N–H and O–H groups in total. The predicted molar refractivity (Wildman–Crippen MR) is 60.0 cm³/mol. The SMILES string of the molecule is Cc1cc(CSCC(=O)O)ccc1Cl. The van der Waals surface area contributed by atoms with Gasteiger partial charge in [0.15, 0.2) is 0 Å². The van der Waals surface area contributed by atoms with Gasteiger partial charge in [-0.1, -0.05) is 23.7 Å². The molecule has 0 atom stereocenters. The summed E-state index contributed by atoms with van der Waals surface area (Å²) in [6, 6.07) is 5.74. The molecule has 0 aliphatic heterocycles. The Labute approximate surface area is 92.3 Å². The summed E-state index contributed by atoms with van der Waals surface area (Å²) in [6.07, 6.45) is 0. The lowest BCUT2D eigenvalue weighted by Crippen LogP contribution is -1.98. The number of benzene rings is 1. The summed E-state index contributed by atoms with van der Waals surface area (Å²) in [5.74, 6) is 0.0760. The van der Waals surface area contributed by atoms with E-state index in [-0.39, 0.29) is 5.75 Å². The van der Waals surface area contributed by atoms with E-state index >= 15 is 0 Å². The number of halogens is 1. The number of carboxylic acids is 1. The Morgan fingerprint density at radius 1 is 1.57 bits per heavy atom. The van der Waals surface area contributed by atoms with Crippen LogP contribution in [-0.2, 0) is 10.5 Å². The molecule has 0 saturated heterocycles. The van der Waals surface area contributed by atoms with Gasteiger partial charge in [0, 0.05) is 10.8 Å². The van der Waals surface area contributed by atoms with Crippen molar-refractivity contribution in [2.24, 2.45) is 0 Å². The van der Waals surface area contributed by atoms with E-state index in [1.165, 1.54) is 11.8 Å². The normalized spacial score (nSPS) is 10.1. The zero-order valence-electron chi connectivity index (χ0n) is 7.79. The summed E-state index contributed by atoms with van der Waals surface area (Å²) in [5, 5.41) is 9.20. The number of hydrogen-bond donors (Lipinski definition) is 1. The van der Waals surface area contributed by atoms with E-state index in [0.717, 1.165) is 16.1 Å². The lowest BCUT2D eigenvalue weighted by atomic mass is 10.2. The average molecular weight is 231 g/mol. The Hall–Kier alpha value is -0.670. The Bertz CT molecular complexity index is 339. The highest BCUT2D eigenvalue weighted by Gasteiger charge is 2.00. The van der Waals surface area contributed by atoms with Gasteiger partial charge in [-0.15, -0.1) is 11.8 Å². The van der Waals surface area contributed by atoms with Gasteiger partial charge in [0.1, 0.15) is 0 Å². The first-order valence-electron chi connectivity index (χ1n) is 4.14. The van der Waals surface area contributed by atoms with Gasteiger partial charge in [-0.05, 0) is 24.1 Å². The van der Waals surface area contributed by atoms with Crippen molar-refractivity contribution in [3.05, 3.63) is 34.3 Å². The molecule has 0 saturated carbocycles. The molecule has 0 unspecified atom stereocenters. The third-order valence-electron chi connectivity index (χ3n) is 1.72. The molecule has 76 valence electrons. The van der Waals surface area contributed by atoms with E-state index in [1.807, 2.05) is 25.1 Å². The van der Waals surface area contributed by atoms with Crippen molar-refractivity contribution in [3.8, 4) is 0 Å². The topological polar surface area (TPSA) is 37.3 Å². The van der Waals surface area contributed by atoms with Crippen molar-refractivity contribution in [1.82, 2.24) is 0 Å². The van der Waals surface area contributed by atoms with E-state index in [9.17, 15) is 4.79 Å². The molecular formula is C10H11ClO2S. The number of rotatable bonds is 4. The Kier molecular flexibility index (Phi) is 4.29. The number of carbonyl (C=O) groups is 1. The van der Waals surface area contributed by atoms with Gasteiger partial charge in [-0.3, -0.25) is 4.79 Å². The molecule has 1 aromatic carbocycles. The van der Waals surface area contributed by atoms with Crippen molar-refractivity contribution in [2.75, 3.05) is 5.75 Å². The fourth-order valence-corrected chi connectivity index (χ4v) is 1.86. The number of aliphatic carboxylic acids is 1. The minimum atomic E-state index is -0.777. The molecule has 0 bridgehead atoms. The van der Waals surface area contributed by atoms with Crippen LogP contribution in [0.4, 0.5) is 0 Å². The molecule has 0 heterocycles. The Balaban J connectivity index is 2.51. The summed E-state index contributed by atoms with van der Waals surface area (Å²) in [5.41, 5.74) is 2.14. The molecule has 0 spiro atoms.